The number of aromatic nitrogens is 2. The minimum absolute atomic E-state index is 0.0805. The van der Waals surface area contributed by atoms with Crippen molar-refractivity contribution < 1.29 is 19.4 Å². The van der Waals surface area contributed by atoms with E-state index in [1.165, 1.54) is 13.3 Å². The molecule has 0 atom stereocenters. The molecular weight excluding hydrogens is 248 g/mol. The van der Waals surface area contributed by atoms with Crippen molar-refractivity contribution in [2.75, 3.05) is 7.11 Å². The van der Waals surface area contributed by atoms with Crippen LogP contribution in [0.2, 0.25) is 0 Å². The average Bonchev–Trinajstić information content (AvgIpc) is 2.87. The molecule has 0 aliphatic carbocycles. The molecule has 0 aliphatic rings. The number of hydrogen-bond donors (Lipinski definition) is 1. The third-order valence-corrected chi connectivity index (χ3v) is 2.55. The first-order chi connectivity index (χ1) is 9.11. The van der Waals surface area contributed by atoms with Crippen LogP contribution >= 0.6 is 0 Å². The Morgan fingerprint density at radius 2 is 2.16 bits per heavy atom. The molecule has 2 rings (SSSR count). The summed E-state index contributed by atoms with van der Waals surface area (Å²) in [6, 6.07) is 6.65. The molecule has 2 aromatic rings. The van der Waals surface area contributed by atoms with Crippen LogP contribution in [0, 0.1) is 0 Å². The molecular formula is C13H12N2O4. The first-order valence-electron chi connectivity index (χ1n) is 5.54. The van der Waals surface area contributed by atoms with E-state index in [4.69, 9.17) is 5.11 Å². The lowest BCUT2D eigenvalue weighted by molar-refractivity contribution is -0.136. The number of methoxy groups -OCH3 is 1. The predicted molar refractivity (Wildman–Crippen MR) is 66.2 cm³/mol. The molecule has 98 valence electrons. The third kappa shape index (κ3) is 2.79. The Balaban J connectivity index is 2.30. The number of carbonyl (C=O) groups is 2. The molecule has 6 heteroatoms. The Labute approximate surface area is 109 Å². The second-order valence-electron chi connectivity index (χ2n) is 3.85. The highest BCUT2D eigenvalue weighted by Crippen LogP contribution is 2.12. The van der Waals surface area contributed by atoms with Gasteiger partial charge in [0.25, 0.3) is 0 Å². The van der Waals surface area contributed by atoms with E-state index in [-0.39, 0.29) is 6.42 Å². The summed E-state index contributed by atoms with van der Waals surface area (Å²) in [4.78, 5) is 26.2. The number of rotatable bonds is 4. The summed E-state index contributed by atoms with van der Waals surface area (Å²) in [6.07, 6.45) is 3.08. The highest BCUT2D eigenvalue weighted by atomic mass is 16.5. The molecule has 0 unspecified atom stereocenters. The van der Waals surface area contributed by atoms with E-state index in [1.807, 2.05) is 0 Å². The van der Waals surface area contributed by atoms with E-state index in [9.17, 15) is 9.59 Å². The van der Waals surface area contributed by atoms with Gasteiger partial charge in [0.1, 0.15) is 11.5 Å². The zero-order valence-corrected chi connectivity index (χ0v) is 10.2. The van der Waals surface area contributed by atoms with Crippen LogP contribution in [0.1, 0.15) is 16.1 Å². The van der Waals surface area contributed by atoms with Gasteiger partial charge in [-0.25, -0.2) is 9.78 Å². The van der Waals surface area contributed by atoms with Crippen LogP contribution in [0.15, 0.2) is 36.7 Å². The fourth-order valence-electron chi connectivity index (χ4n) is 1.69. The fourth-order valence-corrected chi connectivity index (χ4v) is 1.69. The zero-order valence-electron chi connectivity index (χ0n) is 10.2. The van der Waals surface area contributed by atoms with Crippen LogP contribution in [-0.4, -0.2) is 33.7 Å². The summed E-state index contributed by atoms with van der Waals surface area (Å²) in [5.41, 5.74) is 0.962. The van der Waals surface area contributed by atoms with Gasteiger partial charge in [-0.15, -0.1) is 0 Å². The number of esters is 1. The smallest absolute Gasteiger partial charge is 0.355 e. The van der Waals surface area contributed by atoms with Gasteiger partial charge in [-0.2, -0.15) is 0 Å². The standard InChI is InChI=1S/C13H12N2O4/c1-19-13(18)10-3-2-6-15(10)11-5-4-9(8-14-11)7-12(16)17/h2-6,8H,7H2,1H3,(H,16,17). The summed E-state index contributed by atoms with van der Waals surface area (Å²) in [5.74, 6) is -0.841. The first-order valence-corrected chi connectivity index (χ1v) is 5.54. The maximum Gasteiger partial charge on any atom is 0.355 e. The van der Waals surface area contributed by atoms with Crippen LogP contribution in [-0.2, 0) is 16.0 Å². The van der Waals surface area contributed by atoms with Crippen molar-refractivity contribution in [2.45, 2.75) is 6.42 Å². The van der Waals surface area contributed by atoms with Crippen molar-refractivity contribution in [1.82, 2.24) is 9.55 Å². The quantitative estimate of drug-likeness (QED) is 0.837. The van der Waals surface area contributed by atoms with E-state index >= 15 is 0 Å². The number of pyridine rings is 1. The Hall–Kier alpha value is -2.63. The summed E-state index contributed by atoms with van der Waals surface area (Å²) < 4.78 is 6.25. The lowest BCUT2D eigenvalue weighted by atomic mass is 10.2. The Bertz CT molecular complexity index is 601. The second-order valence-corrected chi connectivity index (χ2v) is 3.85. The van der Waals surface area contributed by atoms with Crippen molar-refractivity contribution in [2.24, 2.45) is 0 Å². The zero-order chi connectivity index (χ0) is 13.8. The highest BCUT2D eigenvalue weighted by molar-refractivity contribution is 5.88. The van der Waals surface area contributed by atoms with Gasteiger partial charge in [-0.1, -0.05) is 6.07 Å². The van der Waals surface area contributed by atoms with Gasteiger partial charge in [0.15, 0.2) is 0 Å². The molecule has 0 saturated heterocycles. The second kappa shape index (κ2) is 5.34. The average molecular weight is 260 g/mol. The van der Waals surface area contributed by atoms with E-state index in [0.29, 0.717) is 17.1 Å². The number of hydrogen-bond acceptors (Lipinski definition) is 4. The molecule has 19 heavy (non-hydrogen) atoms. The predicted octanol–water partition coefficient (Wildman–Crippen LogP) is 1.29. The Morgan fingerprint density at radius 1 is 1.37 bits per heavy atom. The maximum absolute atomic E-state index is 11.5. The normalized spacial score (nSPS) is 10.2. The number of aliphatic carboxylic acids is 1. The molecule has 0 bridgehead atoms. The monoisotopic (exact) mass is 260 g/mol. The van der Waals surface area contributed by atoms with Crippen molar-refractivity contribution in [3.8, 4) is 5.82 Å². The molecule has 0 spiro atoms. The van der Waals surface area contributed by atoms with Crippen molar-refractivity contribution in [3.63, 3.8) is 0 Å². The first kappa shape index (κ1) is 12.8. The molecule has 6 nitrogen and oxygen atoms in total. The van der Waals surface area contributed by atoms with Gasteiger partial charge in [-0.05, 0) is 23.8 Å². The molecule has 0 fully saturated rings. The topological polar surface area (TPSA) is 81.4 Å². The lowest BCUT2D eigenvalue weighted by Gasteiger charge is -2.07. The van der Waals surface area contributed by atoms with Crippen LogP contribution in [0.25, 0.3) is 5.82 Å². The Morgan fingerprint density at radius 3 is 2.74 bits per heavy atom. The van der Waals surface area contributed by atoms with Crippen molar-refractivity contribution in [1.29, 1.82) is 0 Å². The summed E-state index contributed by atoms with van der Waals surface area (Å²) >= 11 is 0. The minimum Gasteiger partial charge on any atom is -0.481 e. The van der Waals surface area contributed by atoms with Crippen molar-refractivity contribution >= 4 is 11.9 Å². The summed E-state index contributed by atoms with van der Waals surface area (Å²) in [5, 5.41) is 8.67. The van der Waals surface area contributed by atoms with Crippen LogP contribution in [0.4, 0.5) is 0 Å². The molecule has 0 aromatic carbocycles. The minimum atomic E-state index is -0.911. The number of carbonyl (C=O) groups excluding carboxylic acids is 1. The van der Waals surface area contributed by atoms with Gasteiger partial charge < -0.3 is 9.84 Å². The summed E-state index contributed by atoms with van der Waals surface area (Å²) in [7, 11) is 1.31. The van der Waals surface area contributed by atoms with Gasteiger partial charge in [0.2, 0.25) is 0 Å². The number of carboxylic acid groups (broad SMARTS) is 1. The van der Waals surface area contributed by atoms with E-state index in [0.717, 1.165) is 0 Å². The molecule has 0 aliphatic heterocycles. The van der Waals surface area contributed by atoms with Crippen LogP contribution < -0.4 is 0 Å². The van der Waals surface area contributed by atoms with E-state index in [1.54, 1.807) is 35.0 Å². The molecule has 0 radical (unpaired) electrons. The molecule has 0 amide bonds. The molecule has 2 heterocycles. The molecule has 0 saturated carbocycles. The van der Waals surface area contributed by atoms with Crippen molar-refractivity contribution in [3.05, 3.63) is 47.9 Å². The SMILES string of the molecule is COC(=O)c1cccn1-c1ccc(CC(=O)O)cn1. The van der Waals surface area contributed by atoms with Gasteiger partial charge in [0.05, 0.1) is 13.5 Å². The number of carboxylic acids is 1. The molecule has 2 aromatic heterocycles. The van der Waals surface area contributed by atoms with E-state index < -0.39 is 11.9 Å². The Kier molecular flexibility index (Phi) is 3.61. The van der Waals surface area contributed by atoms with E-state index in [2.05, 4.69) is 9.72 Å². The lowest BCUT2D eigenvalue weighted by Crippen LogP contribution is -2.09. The highest BCUT2D eigenvalue weighted by Gasteiger charge is 2.12. The summed E-state index contributed by atoms with van der Waals surface area (Å²) in [6.45, 7) is 0. The fraction of sp³-hybridized carbons (Fsp3) is 0.154. The van der Waals surface area contributed by atoms with Gasteiger partial charge in [0, 0.05) is 12.4 Å². The maximum atomic E-state index is 11.5. The largest absolute Gasteiger partial charge is 0.481 e. The number of ether oxygens (including phenoxy) is 1. The van der Waals surface area contributed by atoms with Crippen LogP contribution in [0.5, 0.6) is 0 Å². The molecule has 1 N–H and O–H groups in total. The van der Waals surface area contributed by atoms with Crippen LogP contribution in [0.3, 0.4) is 0 Å². The van der Waals surface area contributed by atoms with Gasteiger partial charge in [-0.3, -0.25) is 9.36 Å². The van der Waals surface area contributed by atoms with Gasteiger partial charge >= 0.3 is 11.9 Å². The third-order valence-electron chi connectivity index (χ3n) is 2.55. The number of nitrogens with zero attached hydrogens (tertiary/aromatic N) is 2.